The molecule has 622 valence electrons. The lowest BCUT2D eigenvalue weighted by molar-refractivity contribution is -0.0732. The van der Waals surface area contributed by atoms with Gasteiger partial charge in [0.1, 0.15) is 59.8 Å². The number of benzene rings is 8. The van der Waals surface area contributed by atoms with Crippen LogP contribution in [0.3, 0.4) is 0 Å². The molecule has 0 bridgehead atoms. The Labute approximate surface area is 694 Å². The Balaban J connectivity index is 0.000000136. The maximum absolute atomic E-state index is 15.3. The fourth-order valence-electron chi connectivity index (χ4n) is 20.7. The van der Waals surface area contributed by atoms with Crippen molar-refractivity contribution in [2.45, 2.75) is 155 Å². The monoisotopic (exact) mass is 1730 g/mol. The van der Waals surface area contributed by atoms with Crippen LogP contribution in [0.15, 0.2) is 144 Å². The number of fused-ring (bicyclic) bond motifs is 12. The van der Waals surface area contributed by atoms with Crippen LogP contribution in [-0.2, 0) is 74.5 Å². The zero-order valence-corrected chi connectivity index (χ0v) is 69.9. The molecule has 16 rings (SSSR count). The lowest BCUT2D eigenvalue weighted by Crippen LogP contribution is -2.57. The van der Waals surface area contributed by atoms with Gasteiger partial charge >= 0.3 is 0 Å². The van der Waals surface area contributed by atoms with Crippen LogP contribution in [0.4, 0.5) is 35.1 Å². The van der Waals surface area contributed by atoms with E-state index in [1.807, 2.05) is 60.7 Å². The molecule has 8 aliphatic rings. The number of nitriles is 2. The maximum atomic E-state index is 15.3. The van der Waals surface area contributed by atoms with Gasteiger partial charge in [0, 0.05) is 90.8 Å². The molecule has 0 unspecified atom stereocenters. The summed E-state index contributed by atoms with van der Waals surface area (Å²) in [5.74, 6) is -4.87. The van der Waals surface area contributed by atoms with Crippen molar-refractivity contribution in [2.75, 3.05) is 57.1 Å². The van der Waals surface area contributed by atoms with Crippen molar-refractivity contribution in [1.29, 1.82) is 10.5 Å². The second kappa shape index (κ2) is 35.4. The van der Waals surface area contributed by atoms with Crippen LogP contribution in [0.1, 0.15) is 154 Å². The van der Waals surface area contributed by atoms with E-state index in [-0.39, 0.29) is 113 Å². The molecule has 13 nitrogen and oxygen atoms in total. The second-order valence-corrected chi connectivity index (χ2v) is 40.6. The Kier molecular flexibility index (Phi) is 26.3. The highest BCUT2D eigenvalue weighted by Crippen LogP contribution is 2.61. The van der Waals surface area contributed by atoms with Crippen molar-refractivity contribution in [3.05, 3.63) is 251 Å². The number of hydrogen-bond donors (Lipinski definition) is 0. The number of sulfone groups is 3. The Morgan fingerprint density at radius 2 is 0.744 bits per heavy atom. The van der Waals surface area contributed by atoms with Gasteiger partial charge in [-0.3, -0.25) is 0 Å². The molecule has 3 saturated carbocycles. The van der Waals surface area contributed by atoms with Crippen molar-refractivity contribution in [1.82, 2.24) is 0 Å². The van der Waals surface area contributed by atoms with Crippen LogP contribution in [0.25, 0.3) is 0 Å². The first-order chi connectivity index (χ1) is 55.7. The zero-order chi connectivity index (χ0) is 83.7. The van der Waals surface area contributed by atoms with E-state index in [0.29, 0.717) is 88.9 Å². The van der Waals surface area contributed by atoms with Gasteiger partial charge in [-0.15, -0.1) is 0 Å². The van der Waals surface area contributed by atoms with Crippen molar-refractivity contribution >= 4 is 64.3 Å². The molecular formula is C90H91Cl3F8N2O11S3. The number of halogens is 11. The molecule has 117 heavy (non-hydrogen) atoms. The van der Waals surface area contributed by atoms with E-state index < -0.39 is 109 Å². The van der Waals surface area contributed by atoms with Crippen molar-refractivity contribution < 1.29 is 84.1 Å². The molecule has 3 aliphatic carbocycles. The minimum atomic E-state index is -4.56. The average molecular weight is 1730 g/mol. The third-order valence-corrected chi connectivity index (χ3v) is 31.3. The Morgan fingerprint density at radius 3 is 1.11 bits per heavy atom. The largest absolute Gasteiger partial charge is 0.490 e. The van der Waals surface area contributed by atoms with Crippen LogP contribution >= 0.6 is 34.8 Å². The highest BCUT2D eigenvalue weighted by Gasteiger charge is 2.63. The molecule has 1 saturated heterocycles. The minimum absolute atomic E-state index is 0.00368. The second-order valence-electron chi connectivity index (χ2n) is 32.6. The summed E-state index contributed by atoms with van der Waals surface area (Å²) in [7, 11) is -11.1. The number of ether oxygens (including phenoxy) is 5. The molecular weight excluding hydrogens is 1640 g/mol. The first-order valence-electron chi connectivity index (χ1n) is 39.6. The lowest BCUT2D eigenvalue weighted by atomic mass is 9.55. The predicted octanol–water partition coefficient (Wildman–Crippen LogP) is 20.6. The molecule has 12 atom stereocenters. The van der Waals surface area contributed by atoms with Crippen LogP contribution in [0.2, 0.25) is 15.1 Å². The van der Waals surface area contributed by atoms with Crippen LogP contribution in [0.5, 0.6) is 23.0 Å². The zero-order valence-electron chi connectivity index (χ0n) is 65.1. The van der Waals surface area contributed by atoms with Crippen LogP contribution < -0.4 is 18.9 Å². The van der Waals surface area contributed by atoms with Crippen molar-refractivity contribution in [2.24, 2.45) is 41.4 Å². The van der Waals surface area contributed by atoms with Gasteiger partial charge in [-0.05, 0) is 202 Å². The standard InChI is InChI=1S/C23H25ClF2O3S.C23H20F2N2O6S2.2C22H23ClF2O/c1-30(27,28)12-10-16-3-2-11-23(13-15-4-6-17(24)7-5-15)18(16)14-29-22-20(26)9-8-19(25)21(22)23;1-34(28,29)9-6-20-17-13-33-22-19(25)5-4-18(24)21(22)23(17,7-8-32-20)35(30,31)16-3-2-14(11-26)15(10-16)12-27;2*1-2-15-4-3-11-22(12-14-5-7-16(23)8-6-14)17(15)13-26-21-19(25)10-9-18(24)20(21)22/h4-9,16,18H,2-3,10-14H2,1H3;2-5,10,17,20H,6-9,13H2,1H3;2*5-10,15,17H,2-4,11-13H2,1H3/t16-,18-,23-;17-,20-,23-;2*15-,17+,22+/m0011/s1. The molecule has 27 heteroatoms. The van der Waals surface area contributed by atoms with E-state index >= 15 is 8.78 Å². The van der Waals surface area contributed by atoms with Gasteiger partial charge in [-0.1, -0.05) is 130 Å². The summed E-state index contributed by atoms with van der Waals surface area (Å²) >= 11 is 18.1. The number of hydrogen-bond acceptors (Lipinski definition) is 13. The van der Waals surface area contributed by atoms with Crippen LogP contribution in [0, 0.1) is 111 Å². The average Bonchev–Trinajstić information content (AvgIpc) is 0.688. The molecule has 4 fully saturated rings. The fourth-order valence-corrected chi connectivity index (χ4v) is 24.9. The smallest absolute Gasteiger partial charge is 0.189 e. The predicted molar refractivity (Wildman–Crippen MR) is 432 cm³/mol. The maximum Gasteiger partial charge on any atom is 0.189 e. The Bertz CT molecular complexity index is 5340. The highest BCUT2D eigenvalue weighted by molar-refractivity contribution is 7.92. The third kappa shape index (κ3) is 17.3. The third-order valence-electron chi connectivity index (χ3n) is 26.1. The van der Waals surface area contributed by atoms with E-state index in [2.05, 4.69) is 13.8 Å². The molecule has 0 N–H and O–H groups in total. The number of rotatable bonds is 16. The van der Waals surface area contributed by atoms with Gasteiger partial charge in [0.25, 0.3) is 0 Å². The molecule has 0 radical (unpaired) electrons. The van der Waals surface area contributed by atoms with Crippen LogP contribution in [-0.4, -0.2) is 88.4 Å². The van der Waals surface area contributed by atoms with Gasteiger partial charge in [0.15, 0.2) is 56.1 Å². The summed E-state index contributed by atoms with van der Waals surface area (Å²) in [5, 5.41) is 20.6. The normalized spacial score (nSPS) is 25.9. The molecule has 5 heterocycles. The van der Waals surface area contributed by atoms with E-state index in [4.69, 9.17) is 58.5 Å². The van der Waals surface area contributed by atoms with Gasteiger partial charge in [0.2, 0.25) is 0 Å². The highest BCUT2D eigenvalue weighted by atomic mass is 35.5. The summed E-state index contributed by atoms with van der Waals surface area (Å²) < 4.78 is 221. The van der Waals surface area contributed by atoms with Gasteiger partial charge in [-0.2, -0.15) is 10.5 Å². The molecule has 0 spiro atoms. The van der Waals surface area contributed by atoms with E-state index in [1.165, 1.54) is 42.7 Å². The lowest BCUT2D eigenvalue weighted by Gasteiger charge is -2.52. The number of nitrogens with zero attached hydrogens (tertiary/aromatic N) is 2. The minimum Gasteiger partial charge on any atom is -0.490 e. The van der Waals surface area contributed by atoms with E-state index in [0.717, 1.165) is 117 Å². The molecule has 5 aliphatic heterocycles. The summed E-state index contributed by atoms with van der Waals surface area (Å²) in [5.41, 5.74) is 2.20. The van der Waals surface area contributed by atoms with Gasteiger partial charge in [-0.25, -0.2) is 60.4 Å². The molecule has 0 aromatic heterocycles. The SMILES string of the molecule is CC[C@@H]1CCC[C@@]2(Cc3ccc(Cl)cc3)c3c(F)ccc(F)c3OC[C@@H]12.CC[C@@H]1CCC[C@@]2(Cc3ccc(Cl)cc3)c3c(F)ccc(F)c3OC[C@@H]12.CS(=O)(=O)CC[C@@H]1CCC[C@@]2(Cc3ccc(Cl)cc3)c3c(F)ccc(F)c3OC[C@@H]12.CS(=O)(=O)CC[C@@H]1OCC[C@@]2(S(=O)(=O)c3ccc(C#N)c(C#N)c3)c3c(F)ccc(F)c3OC[C@@H]12. The van der Waals surface area contributed by atoms with Crippen molar-refractivity contribution in [3.63, 3.8) is 0 Å². The Morgan fingerprint density at radius 1 is 0.410 bits per heavy atom. The molecule has 8 aromatic rings. The first kappa shape index (κ1) is 86.9. The first-order valence-corrected chi connectivity index (χ1v) is 46.3. The quantitative estimate of drug-likeness (QED) is 0.0829. The topological polar surface area (TPSA) is 196 Å². The molecule has 8 aromatic carbocycles. The van der Waals surface area contributed by atoms with Gasteiger partial charge in [0.05, 0.1) is 65.6 Å². The summed E-state index contributed by atoms with van der Waals surface area (Å²) in [6.45, 7) is 5.01. The Hall–Kier alpha value is -7.94. The molecule has 0 amide bonds. The van der Waals surface area contributed by atoms with Gasteiger partial charge < -0.3 is 23.7 Å². The summed E-state index contributed by atoms with van der Waals surface area (Å²) in [6.07, 6.45) is 13.8. The fraction of sp³-hybridized carbons (Fsp3) is 0.444. The summed E-state index contributed by atoms with van der Waals surface area (Å²) in [6, 6.07) is 38.6. The van der Waals surface area contributed by atoms with Crippen molar-refractivity contribution in [3.8, 4) is 35.1 Å². The summed E-state index contributed by atoms with van der Waals surface area (Å²) in [4.78, 5) is -0.349. The van der Waals surface area contributed by atoms with E-state index in [9.17, 15) is 62.1 Å². The van der Waals surface area contributed by atoms with E-state index in [1.54, 1.807) is 24.3 Å².